The van der Waals surface area contributed by atoms with Crippen LogP contribution in [0.15, 0.2) is 24.3 Å². The molecule has 1 atom stereocenters. The van der Waals surface area contributed by atoms with Gasteiger partial charge in [-0.1, -0.05) is 23.7 Å². The number of carbonyl (C=O) groups excluding carboxylic acids is 1. The van der Waals surface area contributed by atoms with Gasteiger partial charge in [-0.15, -0.1) is 0 Å². The van der Waals surface area contributed by atoms with Crippen molar-refractivity contribution < 1.29 is 9.53 Å². The van der Waals surface area contributed by atoms with Crippen LogP contribution in [-0.2, 0) is 4.74 Å². The number of likely N-dealkylation sites (N-methyl/N-ethyl adjacent to an activating group) is 1. The number of halogens is 1. The second-order valence-corrected chi connectivity index (χ2v) is 8.02. The van der Waals surface area contributed by atoms with E-state index < -0.39 is 5.60 Å². The average Bonchev–Trinajstić information content (AvgIpc) is 2.59. The minimum absolute atomic E-state index is 0.0444. The van der Waals surface area contributed by atoms with Crippen molar-refractivity contribution in [3.8, 4) is 0 Å². The molecule has 1 aromatic carbocycles. The molecule has 2 aromatic rings. The fraction of sp³-hybridized carbons (Fsp3) is 0.526. The lowest BCUT2D eigenvalue weighted by Gasteiger charge is -2.38. The van der Waals surface area contributed by atoms with Gasteiger partial charge < -0.3 is 14.5 Å². The summed E-state index contributed by atoms with van der Waals surface area (Å²) in [6, 6.07) is 7.72. The van der Waals surface area contributed by atoms with E-state index in [9.17, 15) is 4.79 Å². The molecule has 1 fully saturated rings. The van der Waals surface area contributed by atoms with Crippen LogP contribution in [-0.4, -0.2) is 52.7 Å². The summed E-state index contributed by atoms with van der Waals surface area (Å²) in [5, 5.41) is 0.393. The number of ether oxygens (including phenoxy) is 1. The number of amides is 1. The first kappa shape index (κ1) is 18.7. The highest BCUT2D eigenvalue weighted by Crippen LogP contribution is 2.28. The maximum absolute atomic E-state index is 12.4. The number of nitrogens with zero attached hydrogens (tertiary/aromatic N) is 4. The molecule has 0 N–H and O–H groups in total. The Morgan fingerprint density at radius 1 is 1.27 bits per heavy atom. The van der Waals surface area contributed by atoms with Gasteiger partial charge in [0.2, 0.25) is 0 Å². The molecule has 7 heteroatoms. The second kappa shape index (κ2) is 7.27. The van der Waals surface area contributed by atoms with Crippen LogP contribution in [0.25, 0.3) is 11.0 Å². The number of fused-ring (bicyclic) bond motifs is 1. The summed E-state index contributed by atoms with van der Waals surface area (Å²) < 4.78 is 5.49. The maximum atomic E-state index is 12.4. The first-order chi connectivity index (χ1) is 12.2. The number of hydrogen-bond donors (Lipinski definition) is 0. The van der Waals surface area contributed by atoms with E-state index in [0.717, 1.165) is 30.4 Å². The monoisotopic (exact) mass is 376 g/mol. The van der Waals surface area contributed by atoms with Crippen molar-refractivity contribution >= 4 is 34.5 Å². The van der Waals surface area contributed by atoms with Crippen molar-refractivity contribution in [2.24, 2.45) is 0 Å². The summed E-state index contributed by atoms with van der Waals surface area (Å²) in [5.41, 5.74) is 1.09. The van der Waals surface area contributed by atoms with E-state index in [1.54, 1.807) is 11.9 Å². The molecule has 0 radical (unpaired) electrons. The van der Waals surface area contributed by atoms with E-state index >= 15 is 0 Å². The highest BCUT2D eigenvalue weighted by Gasteiger charge is 2.30. The van der Waals surface area contributed by atoms with Gasteiger partial charge in [0, 0.05) is 20.1 Å². The van der Waals surface area contributed by atoms with Crippen molar-refractivity contribution in [1.82, 2.24) is 14.9 Å². The molecule has 3 rings (SSSR count). The summed E-state index contributed by atoms with van der Waals surface area (Å²) in [6.07, 6.45) is 1.56. The Bertz CT molecular complexity index is 806. The molecule has 0 saturated carbocycles. The number of hydrogen-bond acceptors (Lipinski definition) is 5. The molecule has 1 aliphatic rings. The Kier molecular flexibility index (Phi) is 5.23. The van der Waals surface area contributed by atoms with Gasteiger partial charge in [-0.3, -0.25) is 0 Å². The van der Waals surface area contributed by atoms with Gasteiger partial charge in [0.15, 0.2) is 11.0 Å². The second-order valence-electron chi connectivity index (χ2n) is 7.66. The zero-order chi connectivity index (χ0) is 18.9. The molecule has 1 saturated heterocycles. The zero-order valence-electron chi connectivity index (χ0n) is 15.7. The Morgan fingerprint density at radius 2 is 1.92 bits per heavy atom. The number of piperidine rings is 1. The number of carbonyl (C=O) groups is 1. The predicted molar refractivity (Wildman–Crippen MR) is 104 cm³/mol. The summed E-state index contributed by atoms with van der Waals surface area (Å²) >= 11 is 6.39. The number of rotatable bonds is 2. The van der Waals surface area contributed by atoms with Gasteiger partial charge in [0.25, 0.3) is 0 Å². The lowest BCUT2D eigenvalue weighted by Crippen LogP contribution is -2.50. The van der Waals surface area contributed by atoms with Crippen LogP contribution in [0.2, 0.25) is 5.15 Å². The summed E-state index contributed by atoms with van der Waals surface area (Å²) in [4.78, 5) is 25.3. The molecule has 0 spiro atoms. The van der Waals surface area contributed by atoms with Gasteiger partial charge in [-0.25, -0.2) is 14.8 Å². The van der Waals surface area contributed by atoms with E-state index in [1.807, 2.05) is 45.0 Å². The van der Waals surface area contributed by atoms with Crippen LogP contribution in [0.4, 0.5) is 10.6 Å². The lowest BCUT2D eigenvalue weighted by atomic mass is 10.0. The van der Waals surface area contributed by atoms with Crippen LogP contribution in [0.1, 0.15) is 33.6 Å². The van der Waals surface area contributed by atoms with Gasteiger partial charge >= 0.3 is 6.09 Å². The third-order valence-electron chi connectivity index (χ3n) is 4.44. The molecule has 0 bridgehead atoms. The van der Waals surface area contributed by atoms with Crippen LogP contribution in [0.3, 0.4) is 0 Å². The SMILES string of the molecule is CN(C(=O)OC(C)(C)C)C1CCCN(c2nc3ccccc3nc2Cl)C1. The highest BCUT2D eigenvalue weighted by molar-refractivity contribution is 6.32. The van der Waals surface area contributed by atoms with Gasteiger partial charge in [0.1, 0.15) is 5.60 Å². The molecule has 1 unspecified atom stereocenters. The Labute approximate surface area is 159 Å². The largest absolute Gasteiger partial charge is 0.444 e. The van der Waals surface area contributed by atoms with Crippen LogP contribution in [0.5, 0.6) is 0 Å². The third-order valence-corrected chi connectivity index (χ3v) is 4.69. The first-order valence-corrected chi connectivity index (χ1v) is 9.25. The average molecular weight is 377 g/mol. The molecule has 26 heavy (non-hydrogen) atoms. The van der Waals surface area contributed by atoms with Crippen molar-refractivity contribution in [3.05, 3.63) is 29.4 Å². The number of para-hydroxylation sites is 2. The predicted octanol–water partition coefficient (Wildman–Crippen LogP) is 4.12. The highest BCUT2D eigenvalue weighted by atomic mass is 35.5. The quantitative estimate of drug-likeness (QED) is 0.789. The standard InChI is InChI=1S/C19H25ClN4O2/c1-19(2,3)26-18(25)23(4)13-8-7-11-24(12-13)17-16(20)21-14-9-5-6-10-15(14)22-17/h5-6,9-10,13H,7-8,11-12H2,1-4H3. The van der Waals surface area contributed by atoms with Crippen LogP contribution >= 0.6 is 11.6 Å². The molecular weight excluding hydrogens is 352 g/mol. The molecular formula is C19H25ClN4O2. The van der Waals surface area contributed by atoms with E-state index in [2.05, 4.69) is 9.88 Å². The van der Waals surface area contributed by atoms with Crippen molar-refractivity contribution in [2.75, 3.05) is 25.0 Å². The van der Waals surface area contributed by atoms with Gasteiger partial charge in [-0.2, -0.15) is 0 Å². The van der Waals surface area contributed by atoms with Gasteiger partial charge in [0.05, 0.1) is 17.1 Å². The molecule has 1 aliphatic heterocycles. The normalized spacial score (nSPS) is 18.0. The smallest absolute Gasteiger partial charge is 0.410 e. The van der Waals surface area contributed by atoms with Crippen LogP contribution < -0.4 is 4.90 Å². The molecule has 1 aromatic heterocycles. The van der Waals surface area contributed by atoms with E-state index in [0.29, 0.717) is 17.5 Å². The number of benzene rings is 1. The van der Waals surface area contributed by atoms with Crippen LogP contribution in [0, 0.1) is 0 Å². The minimum atomic E-state index is -0.507. The fourth-order valence-electron chi connectivity index (χ4n) is 3.12. The maximum Gasteiger partial charge on any atom is 0.410 e. The Hall–Kier alpha value is -2.08. The Balaban J connectivity index is 1.78. The molecule has 140 valence electrons. The summed E-state index contributed by atoms with van der Waals surface area (Å²) in [5.74, 6) is 0.674. The minimum Gasteiger partial charge on any atom is -0.444 e. The molecule has 0 aliphatic carbocycles. The van der Waals surface area contributed by atoms with Gasteiger partial charge in [-0.05, 0) is 45.7 Å². The molecule has 1 amide bonds. The van der Waals surface area contributed by atoms with Crippen molar-refractivity contribution in [1.29, 1.82) is 0 Å². The van der Waals surface area contributed by atoms with Crippen molar-refractivity contribution in [2.45, 2.75) is 45.3 Å². The van der Waals surface area contributed by atoms with E-state index in [1.165, 1.54) is 0 Å². The Morgan fingerprint density at radius 3 is 2.58 bits per heavy atom. The fourth-order valence-corrected chi connectivity index (χ4v) is 3.37. The van der Waals surface area contributed by atoms with Crippen molar-refractivity contribution in [3.63, 3.8) is 0 Å². The topological polar surface area (TPSA) is 58.6 Å². The third kappa shape index (κ3) is 4.18. The summed E-state index contributed by atoms with van der Waals surface area (Å²) in [6.45, 7) is 7.11. The molecule has 6 nitrogen and oxygen atoms in total. The number of aromatic nitrogens is 2. The van der Waals surface area contributed by atoms with E-state index in [-0.39, 0.29) is 12.1 Å². The zero-order valence-corrected chi connectivity index (χ0v) is 16.5. The van der Waals surface area contributed by atoms with E-state index in [4.69, 9.17) is 21.3 Å². The molecule has 2 heterocycles. The first-order valence-electron chi connectivity index (χ1n) is 8.87. The number of anilines is 1. The summed E-state index contributed by atoms with van der Waals surface area (Å²) in [7, 11) is 1.79. The lowest BCUT2D eigenvalue weighted by molar-refractivity contribution is 0.0209.